The number of hydrogen-bond acceptors (Lipinski definition) is 4. The summed E-state index contributed by atoms with van der Waals surface area (Å²) in [6, 6.07) is 15.8. The summed E-state index contributed by atoms with van der Waals surface area (Å²) in [4.78, 5) is 36.5. The van der Waals surface area contributed by atoms with Gasteiger partial charge in [0.1, 0.15) is 6.61 Å². The zero-order valence-electron chi connectivity index (χ0n) is 19.9. The summed E-state index contributed by atoms with van der Waals surface area (Å²) in [6.45, 7) is 5.89. The van der Waals surface area contributed by atoms with Crippen molar-refractivity contribution in [2.24, 2.45) is 5.41 Å². The van der Waals surface area contributed by atoms with Gasteiger partial charge in [0.15, 0.2) is 0 Å². The van der Waals surface area contributed by atoms with Gasteiger partial charge in [0.2, 0.25) is 5.91 Å². The number of nitrogens with one attached hydrogen (secondary N) is 2. The fourth-order valence-electron chi connectivity index (χ4n) is 4.65. The molecular formula is C27H32N2O5. The zero-order chi connectivity index (χ0) is 24.5. The zero-order valence-corrected chi connectivity index (χ0v) is 19.9. The molecule has 2 aromatic rings. The van der Waals surface area contributed by atoms with Crippen LogP contribution in [0, 0.1) is 5.41 Å². The van der Waals surface area contributed by atoms with Gasteiger partial charge >= 0.3 is 12.1 Å². The molecule has 2 aliphatic carbocycles. The number of rotatable bonds is 8. The Bertz CT molecular complexity index is 1050. The molecule has 7 heteroatoms. The van der Waals surface area contributed by atoms with Gasteiger partial charge in [0, 0.05) is 18.4 Å². The largest absolute Gasteiger partial charge is 0.481 e. The second-order valence-electron chi connectivity index (χ2n) is 10.5. The monoisotopic (exact) mass is 464 g/mol. The number of ether oxygens (including phenoxy) is 1. The van der Waals surface area contributed by atoms with E-state index in [4.69, 9.17) is 4.74 Å². The molecule has 3 N–H and O–H groups in total. The molecule has 0 spiro atoms. The van der Waals surface area contributed by atoms with Gasteiger partial charge in [-0.2, -0.15) is 0 Å². The van der Waals surface area contributed by atoms with Crippen molar-refractivity contribution < 1.29 is 24.2 Å². The van der Waals surface area contributed by atoms with Crippen LogP contribution in [-0.4, -0.2) is 41.3 Å². The third-order valence-corrected chi connectivity index (χ3v) is 6.82. The van der Waals surface area contributed by atoms with Crippen LogP contribution < -0.4 is 10.6 Å². The molecule has 0 radical (unpaired) electrons. The van der Waals surface area contributed by atoms with Crippen molar-refractivity contribution in [3.8, 4) is 11.1 Å². The van der Waals surface area contributed by atoms with Gasteiger partial charge in [-0.1, -0.05) is 69.3 Å². The number of carboxylic acid groups (broad SMARTS) is 1. The maximum atomic E-state index is 12.7. The number of amides is 2. The topological polar surface area (TPSA) is 105 Å². The van der Waals surface area contributed by atoms with Crippen LogP contribution >= 0.6 is 0 Å². The molecule has 34 heavy (non-hydrogen) atoms. The Morgan fingerprint density at radius 3 is 2.09 bits per heavy atom. The summed E-state index contributed by atoms with van der Waals surface area (Å²) in [5, 5.41) is 14.9. The van der Waals surface area contributed by atoms with Crippen LogP contribution in [0.1, 0.15) is 63.5 Å². The Kier molecular flexibility index (Phi) is 6.39. The fourth-order valence-corrected chi connectivity index (χ4v) is 4.65. The first-order chi connectivity index (χ1) is 16.1. The van der Waals surface area contributed by atoms with Gasteiger partial charge in [0.05, 0.1) is 12.0 Å². The second-order valence-corrected chi connectivity index (χ2v) is 10.5. The van der Waals surface area contributed by atoms with E-state index in [1.54, 1.807) is 0 Å². The van der Waals surface area contributed by atoms with E-state index < -0.39 is 29.1 Å². The number of benzene rings is 2. The minimum atomic E-state index is -0.960. The summed E-state index contributed by atoms with van der Waals surface area (Å²) in [5.41, 5.74) is 3.59. The van der Waals surface area contributed by atoms with Crippen LogP contribution in [0.3, 0.4) is 0 Å². The average molecular weight is 465 g/mol. The van der Waals surface area contributed by atoms with E-state index >= 15 is 0 Å². The van der Waals surface area contributed by atoms with Crippen molar-refractivity contribution in [2.45, 2.75) is 64.0 Å². The minimum Gasteiger partial charge on any atom is -0.481 e. The third-order valence-electron chi connectivity index (χ3n) is 6.82. The standard InChI is InChI=1S/C27H32N2O5/c1-26(2,3)22(14-24(31)32)28-23(30)15-27(12-13-27)29-25(33)34-16-21-19-10-6-4-8-17(19)18-9-5-7-11-20(18)21/h4-11,21-22H,12-16H2,1-3H3,(H,28,30)(H,29,33)(H,31,32). The lowest BCUT2D eigenvalue weighted by Gasteiger charge is -2.31. The Morgan fingerprint density at radius 1 is 1.03 bits per heavy atom. The molecule has 180 valence electrons. The number of carboxylic acids is 1. The van der Waals surface area contributed by atoms with Crippen molar-refractivity contribution in [3.63, 3.8) is 0 Å². The summed E-state index contributed by atoms with van der Waals surface area (Å²) < 4.78 is 5.63. The first-order valence-electron chi connectivity index (χ1n) is 11.7. The van der Waals surface area contributed by atoms with Gasteiger partial charge in [0.25, 0.3) is 0 Å². The number of hydrogen-bond donors (Lipinski definition) is 3. The average Bonchev–Trinajstić information content (AvgIpc) is 3.43. The fraction of sp³-hybridized carbons (Fsp3) is 0.444. The molecule has 1 saturated carbocycles. The number of carbonyl (C=O) groups is 3. The van der Waals surface area contributed by atoms with Gasteiger partial charge in [-0.25, -0.2) is 4.79 Å². The van der Waals surface area contributed by atoms with E-state index in [1.165, 1.54) is 0 Å². The highest BCUT2D eigenvalue weighted by atomic mass is 16.5. The third kappa shape index (κ3) is 5.24. The first kappa shape index (κ1) is 23.8. The molecule has 0 aliphatic heterocycles. The quantitative estimate of drug-likeness (QED) is 0.535. The van der Waals surface area contributed by atoms with Gasteiger partial charge in [-0.05, 0) is 40.5 Å². The van der Waals surface area contributed by atoms with Crippen molar-refractivity contribution >= 4 is 18.0 Å². The lowest BCUT2D eigenvalue weighted by Crippen LogP contribution is -2.48. The molecule has 1 fully saturated rings. The number of aliphatic carboxylic acids is 1. The van der Waals surface area contributed by atoms with E-state index in [-0.39, 0.29) is 31.3 Å². The maximum Gasteiger partial charge on any atom is 0.407 e. The lowest BCUT2D eigenvalue weighted by molar-refractivity contribution is -0.138. The van der Waals surface area contributed by atoms with Crippen LogP contribution in [0.15, 0.2) is 48.5 Å². The normalized spacial score (nSPS) is 16.7. The molecule has 0 aromatic heterocycles. The predicted octanol–water partition coefficient (Wildman–Crippen LogP) is 4.45. The van der Waals surface area contributed by atoms with Crippen molar-refractivity contribution in [2.75, 3.05) is 6.61 Å². The van der Waals surface area contributed by atoms with Crippen LogP contribution in [-0.2, 0) is 14.3 Å². The Labute approximate surface area is 199 Å². The van der Waals surface area contributed by atoms with Gasteiger partial charge in [-0.3, -0.25) is 9.59 Å². The van der Waals surface area contributed by atoms with Crippen LogP contribution in [0.4, 0.5) is 4.79 Å². The molecule has 1 atom stereocenters. The summed E-state index contributed by atoms with van der Waals surface area (Å²) in [6.07, 6.45) is 0.781. The molecule has 1 unspecified atom stereocenters. The highest BCUT2D eigenvalue weighted by Gasteiger charge is 2.47. The molecule has 2 aromatic carbocycles. The van der Waals surface area contributed by atoms with E-state index in [0.717, 1.165) is 22.3 Å². The highest BCUT2D eigenvalue weighted by molar-refractivity contribution is 5.81. The Morgan fingerprint density at radius 2 is 1.59 bits per heavy atom. The smallest absolute Gasteiger partial charge is 0.407 e. The van der Waals surface area contributed by atoms with Gasteiger partial charge in [-0.15, -0.1) is 0 Å². The summed E-state index contributed by atoms with van der Waals surface area (Å²) in [5.74, 6) is -1.25. The van der Waals surface area contributed by atoms with E-state index in [0.29, 0.717) is 12.8 Å². The summed E-state index contributed by atoms with van der Waals surface area (Å²) in [7, 11) is 0. The van der Waals surface area contributed by atoms with Crippen molar-refractivity contribution in [1.29, 1.82) is 0 Å². The van der Waals surface area contributed by atoms with Crippen LogP contribution in [0.2, 0.25) is 0 Å². The molecule has 0 bridgehead atoms. The van der Waals surface area contributed by atoms with Crippen molar-refractivity contribution in [1.82, 2.24) is 10.6 Å². The molecule has 4 rings (SSSR count). The van der Waals surface area contributed by atoms with E-state index in [9.17, 15) is 19.5 Å². The molecule has 0 heterocycles. The first-order valence-corrected chi connectivity index (χ1v) is 11.7. The SMILES string of the molecule is CC(C)(C)C(CC(=O)O)NC(=O)CC1(NC(=O)OCC2c3ccccc3-c3ccccc32)CC1. The van der Waals surface area contributed by atoms with Gasteiger partial charge < -0.3 is 20.5 Å². The van der Waals surface area contributed by atoms with Crippen LogP contribution in [0.25, 0.3) is 11.1 Å². The number of carbonyl (C=O) groups excluding carboxylic acids is 2. The maximum absolute atomic E-state index is 12.7. The molecule has 0 saturated heterocycles. The highest BCUT2D eigenvalue weighted by Crippen LogP contribution is 2.44. The Balaban J connectivity index is 1.34. The molecule has 7 nitrogen and oxygen atoms in total. The molecular weight excluding hydrogens is 432 g/mol. The summed E-state index contributed by atoms with van der Waals surface area (Å²) >= 11 is 0. The Hall–Kier alpha value is -3.35. The molecule has 2 aliphatic rings. The minimum absolute atomic E-state index is 0.0276. The van der Waals surface area contributed by atoms with E-state index in [1.807, 2.05) is 45.0 Å². The number of alkyl carbamates (subject to hydrolysis) is 1. The predicted molar refractivity (Wildman–Crippen MR) is 128 cm³/mol. The van der Waals surface area contributed by atoms with Crippen LogP contribution in [0.5, 0.6) is 0 Å². The lowest BCUT2D eigenvalue weighted by atomic mass is 9.84. The molecule has 2 amide bonds. The van der Waals surface area contributed by atoms with Crippen molar-refractivity contribution in [3.05, 3.63) is 59.7 Å². The number of fused-ring (bicyclic) bond motifs is 3. The second kappa shape index (κ2) is 9.12. The van der Waals surface area contributed by atoms with E-state index in [2.05, 4.69) is 34.9 Å².